The number of halogens is 2. The molecule has 0 amide bonds. The third kappa shape index (κ3) is 3.32. The monoisotopic (exact) mass is 273 g/mol. The van der Waals surface area contributed by atoms with Crippen LogP contribution in [0.2, 0.25) is 10.2 Å². The van der Waals surface area contributed by atoms with Gasteiger partial charge in [-0.3, -0.25) is 4.90 Å². The fourth-order valence-electron chi connectivity index (χ4n) is 2.26. The second kappa shape index (κ2) is 5.53. The predicted molar refractivity (Wildman–Crippen MR) is 71.3 cm³/mol. The fraction of sp³-hybridized carbons (Fsp3) is 0.583. The zero-order valence-corrected chi connectivity index (χ0v) is 11.4. The maximum atomic E-state index is 6.15. The van der Waals surface area contributed by atoms with Gasteiger partial charge in [0.1, 0.15) is 5.15 Å². The van der Waals surface area contributed by atoms with E-state index in [0.717, 1.165) is 31.5 Å². The molecule has 2 heterocycles. The molecule has 2 N–H and O–H groups in total. The maximum Gasteiger partial charge on any atom is 0.130 e. The number of nitrogens with two attached hydrogens (primary N) is 1. The van der Waals surface area contributed by atoms with Crippen molar-refractivity contribution < 1.29 is 0 Å². The van der Waals surface area contributed by atoms with Gasteiger partial charge in [0.2, 0.25) is 0 Å². The summed E-state index contributed by atoms with van der Waals surface area (Å²) in [5.41, 5.74) is 6.97. The Morgan fingerprint density at radius 1 is 1.53 bits per heavy atom. The Labute approximate surface area is 112 Å². The van der Waals surface area contributed by atoms with Crippen LogP contribution in [0.25, 0.3) is 0 Å². The SMILES string of the molecule is CC1CC(N)CCN1Cc1cnc(Cl)cc1Cl. The van der Waals surface area contributed by atoms with E-state index >= 15 is 0 Å². The van der Waals surface area contributed by atoms with E-state index in [-0.39, 0.29) is 0 Å². The standard InChI is InChI=1S/C12H17Cl2N3/c1-8-4-10(15)2-3-17(8)7-9-6-16-12(14)5-11(9)13/h5-6,8,10H,2-4,7,15H2,1H3. The first-order valence-corrected chi connectivity index (χ1v) is 6.61. The van der Waals surface area contributed by atoms with Crippen molar-refractivity contribution >= 4 is 23.2 Å². The van der Waals surface area contributed by atoms with Crippen LogP contribution < -0.4 is 5.73 Å². The number of nitrogens with zero attached hydrogens (tertiary/aromatic N) is 2. The molecule has 1 aliphatic rings. The van der Waals surface area contributed by atoms with Crippen LogP contribution in [0.5, 0.6) is 0 Å². The van der Waals surface area contributed by atoms with E-state index in [0.29, 0.717) is 22.3 Å². The van der Waals surface area contributed by atoms with Gasteiger partial charge in [0, 0.05) is 42.0 Å². The summed E-state index contributed by atoms with van der Waals surface area (Å²) >= 11 is 11.9. The molecule has 2 atom stereocenters. The highest BCUT2D eigenvalue weighted by molar-refractivity contribution is 6.34. The number of pyridine rings is 1. The summed E-state index contributed by atoms with van der Waals surface area (Å²) in [5, 5.41) is 1.12. The van der Waals surface area contributed by atoms with Crippen molar-refractivity contribution in [2.45, 2.75) is 38.4 Å². The molecule has 94 valence electrons. The molecule has 1 aliphatic heterocycles. The minimum absolute atomic E-state index is 0.333. The number of rotatable bonds is 2. The van der Waals surface area contributed by atoms with Gasteiger partial charge in [-0.2, -0.15) is 0 Å². The number of aromatic nitrogens is 1. The van der Waals surface area contributed by atoms with Gasteiger partial charge in [0.05, 0.1) is 0 Å². The van der Waals surface area contributed by atoms with E-state index in [1.165, 1.54) is 0 Å². The average molecular weight is 274 g/mol. The second-order valence-electron chi connectivity index (χ2n) is 4.70. The van der Waals surface area contributed by atoms with Gasteiger partial charge in [0.25, 0.3) is 0 Å². The molecule has 0 radical (unpaired) electrons. The van der Waals surface area contributed by atoms with Crippen LogP contribution in [-0.4, -0.2) is 28.5 Å². The summed E-state index contributed by atoms with van der Waals surface area (Å²) in [5.74, 6) is 0. The van der Waals surface area contributed by atoms with E-state index in [1.54, 1.807) is 12.3 Å². The molecule has 2 unspecified atom stereocenters. The van der Waals surface area contributed by atoms with E-state index in [4.69, 9.17) is 28.9 Å². The third-order valence-electron chi connectivity index (χ3n) is 3.32. The smallest absolute Gasteiger partial charge is 0.130 e. The minimum Gasteiger partial charge on any atom is -0.328 e. The van der Waals surface area contributed by atoms with Gasteiger partial charge in [-0.05, 0) is 25.8 Å². The van der Waals surface area contributed by atoms with E-state index in [1.807, 2.05) is 0 Å². The highest BCUT2D eigenvalue weighted by atomic mass is 35.5. The highest BCUT2D eigenvalue weighted by Gasteiger charge is 2.23. The van der Waals surface area contributed by atoms with Gasteiger partial charge in [-0.15, -0.1) is 0 Å². The Kier molecular flexibility index (Phi) is 4.26. The Hall–Kier alpha value is -0.350. The molecule has 0 bridgehead atoms. The largest absolute Gasteiger partial charge is 0.328 e. The third-order valence-corrected chi connectivity index (χ3v) is 3.88. The zero-order chi connectivity index (χ0) is 12.4. The number of hydrogen-bond donors (Lipinski definition) is 1. The summed E-state index contributed by atoms with van der Waals surface area (Å²) in [6.45, 7) is 4.04. The molecule has 0 aliphatic carbocycles. The van der Waals surface area contributed by atoms with Crippen LogP contribution in [0.3, 0.4) is 0 Å². The molecule has 5 heteroatoms. The van der Waals surface area contributed by atoms with Crippen LogP contribution in [0.1, 0.15) is 25.3 Å². The minimum atomic E-state index is 0.333. The lowest BCUT2D eigenvalue weighted by Gasteiger charge is -2.36. The van der Waals surface area contributed by atoms with Gasteiger partial charge in [-0.1, -0.05) is 23.2 Å². The first kappa shape index (κ1) is 13.1. The summed E-state index contributed by atoms with van der Waals surface area (Å²) in [6.07, 6.45) is 3.84. The highest BCUT2D eigenvalue weighted by Crippen LogP contribution is 2.23. The van der Waals surface area contributed by atoms with Crippen LogP contribution in [-0.2, 0) is 6.54 Å². The van der Waals surface area contributed by atoms with Crippen molar-refractivity contribution in [3.63, 3.8) is 0 Å². The topological polar surface area (TPSA) is 42.1 Å². The Morgan fingerprint density at radius 2 is 2.29 bits per heavy atom. The molecular weight excluding hydrogens is 257 g/mol. The van der Waals surface area contributed by atoms with Crippen molar-refractivity contribution in [2.75, 3.05) is 6.54 Å². The van der Waals surface area contributed by atoms with Crippen molar-refractivity contribution in [2.24, 2.45) is 5.73 Å². The second-order valence-corrected chi connectivity index (χ2v) is 5.50. The molecule has 3 nitrogen and oxygen atoms in total. The molecule has 1 fully saturated rings. The Bertz CT molecular complexity index is 397. The van der Waals surface area contributed by atoms with Crippen LogP contribution in [0.15, 0.2) is 12.3 Å². The number of likely N-dealkylation sites (tertiary alicyclic amines) is 1. The molecule has 17 heavy (non-hydrogen) atoms. The first-order chi connectivity index (χ1) is 8.06. The normalized spacial score (nSPS) is 26.1. The number of hydrogen-bond acceptors (Lipinski definition) is 3. The van der Waals surface area contributed by atoms with Gasteiger partial charge in [-0.25, -0.2) is 4.98 Å². The van der Waals surface area contributed by atoms with Crippen molar-refractivity contribution in [3.05, 3.63) is 28.0 Å². The van der Waals surface area contributed by atoms with E-state index in [2.05, 4.69) is 16.8 Å². The quantitative estimate of drug-likeness (QED) is 0.843. The van der Waals surface area contributed by atoms with Crippen molar-refractivity contribution in [1.29, 1.82) is 0 Å². The first-order valence-electron chi connectivity index (χ1n) is 5.86. The van der Waals surface area contributed by atoms with E-state index in [9.17, 15) is 0 Å². The molecule has 1 aromatic rings. The van der Waals surface area contributed by atoms with Crippen molar-refractivity contribution in [1.82, 2.24) is 9.88 Å². The predicted octanol–water partition coefficient (Wildman–Crippen LogP) is 2.70. The number of piperidine rings is 1. The maximum absolute atomic E-state index is 6.15. The van der Waals surface area contributed by atoms with E-state index < -0.39 is 0 Å². The van der Waals surface area contributed by atoms with Crippen LogP contribution >= 0.6 is 23.2 Å². The molecule has 1 saturated heterocycles. The summed E-state index contributed by atoms with van der Waals surface area (Å²) in [4.78, 5) is 6.46. The van der Waals surface area contributed by atoms with Gasteiger partial charge >= 0.3 is 0 Å². The Morgan fingerprint density at radius 3 is 2.94 bits per heavy atom. The van der Waals surface area contributed by atoms with Crippen LogP contribution in [0, 0.1) is 0 Å². The van der Waals surface area contributed by atoms with Crippen LogP contribution in [0.4, 0.5) is 0 Å². The molecule has 0 spiro atoms. The molecular formula is C12H17Cl2N3. The lowest BCUT2D eigenvalue weighted by atomic mass is 9.99. The molecule has 1 aromatic heterocycles. The molecule has 0 saturated carbocycles. The van der Waals surface area contributed by atoms with Crippen molar-refractivity contribution in [3.8, 4) is 0 Å². The summed E-state index contributed by atoms with van der Waals surface area (Å²) in [7, 11) is 0. The average Bonchev–Trinajstić information content (AvgIpc) is 2.25. The zero-order valence-electron chi connectivity index (χ0n) is 9.87. The molecule has 2 rings (SSSR count). The molecule has 0 aromatic carbocycles. The van der Waals surface area contributed by atoms with Gasteiger partial charge in [0.15, 0.2) is 0 Å². The summed E-state index contributed by atoms with van der Waals surface area (Å²) < 4.78 is 0. The lowest BCUT2D eigenvalue weighted by molar-refractivity contribution is 0.140. The Balaban J connectivity index is 2.05. The lowest BCUT2D eigenvalue weighted by Crippen LogP contribution is -2.45. The summed E-state index contributed by atoms with van der Waals surface area (Å²) in [6, 6.07) is 2.52. The van der Waals surface area contributed by atoms with Gasteiger partial charge < -0.3 is 5.73 Å². The fourth-order valence-corrected chi connectivity index (χ4v) is 2.69.